The van der Waals surface area contributed by atoms with Gasteiger partial charge in [0.25, 0.3) is 10.0 Å². The lowest BCUT2D eigenvalue weighted by atomic mass is 9.89. The highest BCUT2D eigenvalue weighted by Gasteiger charge is 2.40. The number of amides is 1. The second kappa shape index (κ2) is 8.49. The highest BCUT2D eigenvalue weighted by atomic mass is 79.9. The molecule has 1 aromatic carbocycles. The van der Waals surface area contributed by atoms with Gasteiger partial charge in [-0.15, -0.1) is 11.3 Å². The predicted molar refractivity (Wildman–Crippen MR) is 129 cm³/mol. The molecule has 0 spiro atoms. The number of fused-ring (bicyclic) bond motifs is 1. The Morgan fingerprint density at radius 3 is 2.59 bits per heavy atom. The number of halogens is 1. The number of sulfonamides is 1. The number of nitrogens with zero attached hydrogens (tertiary/aromatic N) is 2. The van der Waals surface area contributed by atoms with Gasteiger partial charge in [0.2, 0.25) is 0 Å². The molecule has 4 rings (SSSR count). The molecule has 1 aromatic heterocycles. The lowest BCUT2D eigenvalue weighted by Gasteiger charge is -2.26. The van der Waals surface area contributed by atoms with E-state index < -0.39 is 21.7 Å². The molecule has 0 saturated carbocycles. The molecule has 2 atom stereocenters. The largest absolute Gasteiger partial charge is 0.444 e. The predicted octanol–water partition coefficient (Wildman–Crippen LogP) is 5.70. The summed E-state index contributed by atoms with van der Waals surface area (Å²) in [5.41, 5.74) is -0.596. The van der Waals surface area contributed by atoms with Crippen LogP contribution in [0.3, 0.4) is 0 Å². The van der Waals surface area contributed by atoms with Crippen LogP contribution in [0.2, 0.25) is 0 Å². The van der Waals surface area contributed by atoms with Crippen LogP contribution in [-0.2, 0) is 14.8 Å². The van der Waals surface area contributed by atoms with Gasteiger partial charge in [-0.3, -0.25) is 5.32 Å². The van der Waals surface area contributed by atoms with E-state index in [4.69, 9.17) is 4.74 Å². The van der Waals surface area contributed by atoms with E-state index in [1.54, 1.807) is 63.5 Å². The van der Waals surface area contributed by atoms with Crippen LogP contribution in [0.1, 0.15) is 31.6 Å². The number of amidine groups is 1. The summed E-state index contributed by atoms with van der Waals surface area (Å²) in [7, 11) is -3.75. The van der Waals surface area contributed by atoms with Crippen LogP contribution in [0.25, 0.3) is 0 Å². The Bertz CT molecular complexity index is 1230. The van der Waals surface area contributed by atoms with Crippen molar-refractivity contribution in [2.24, 2.45) is 10.9 Å². The summed E-state index contributed by atoms with van der Waals surface area (Å²) in [6.07, 6.45) is 6.45. The Kier molecular flexibility index (Phi) is 6.04. The van der Waals surface area contributed by atoms with E-state index in [2.05, 4.69) is 26.2 Å². The number of aliphatic imine (C=N–C) groups is 1. The van der Waals surface area contributed by atoms with E-state index in [-0.39, 0.29) is 16.7 Å². The van der Waals surface area contributed by atoms with Crippen molar-refractivity contribution in [3.05, 3.63) is 70.3 Å². The first kappa shape index (κ1) is 22.8. The Labute approximate surface area is 199 Å². The molecule has 7 nitrogen and oxygen atoms in total. The van der Waals surface area contributed by atoms with Crippen LogP contribution < -0.4 is 5.32 Å². The molecule has 32 heavy (non-hydrogen) atoms. The summed E-state index contributed by atoms with van der Waals surface area (Å²) in [6.45, 7) is 5.41. The summed E-state index contributed by atoms with van der Waals surface area (Å²) < 4.78 is 33.7. The van der Waals surface area contributed by atoms with Crippen LogP contribution in [0.5, 0.6) is 0 Å². The summed E-state index contributed by atoms with van der Waals surface area (Å²) in [4.78, 5) is 17.7. The number of hydrogen-bond acceptors (Lipinski definition) is 6. The monoisotopic (exact) mass is 535 g/mol. The number of benzene rings is 1. The van der Waals surface area contributed by atoms with Crippen molar-refractivity contribution in [3.63, 3.8) is 0 Å². The summed E-state index contributed by atoms with van der Waals surface area (Å²) in [6, 6.07) is 10.1. The molecule has 0 radical (unpaired) electrons. The van der Waals surface area contributed by atoms with E-state index in [1.807, 2.05) is 18.2 Å². The van der Waals surface area contributed by atoms with E-state index in [1.165, 1.54) is 15.6 Å². The van der Waals surface area contributed by atoms with Gasteiger partial charge in [0.1, 0.15) is 11.4 Å². The molecular formula is C22H22BrN3O4S2. The van der Waals surface area contributed by atoms with Gasteiger partial charge in [-0.25, -0.2) is 22.5 Å². The summed E-state index contributed by atoms with van der Waals surface area (Å²) >= 11 is 4.99. The zero-order valence-electron chi connectivity index (χ0n) is 17.7. The fourth-order valence-electron chi connectivity index (χ4n) is 3.47. The number of anilines is 1. The topological polar surface area (TPSA) is 88.1 Å². The number of allylic oxidation sites excluding steroid dienone is 1. The smallest absolute Gasteiger partial charge is 0.412 e. The molecular weight excluding hydrogens is 514 g/mol. The fraction of sp³-hybridized carbons (Fsp3) is 0.273. The molecule has 168 valence electrons. The third-order valence-corrected chi connectivity index (χ3v) is 8.54. The maximum absolute atomic E-state index is 13.1. The molecule has 2 aliphatic rings. The Morgan fingerprint density at radius 1 is 1.19 bits per heavy atom. The van der Waals surface area contributed by atoms with Gasteiger partial charge in [0.05, 0.1) is 9.90 Å². The number of ether oxygens (including phenoxy) is 1. The maximum atomic E-state index is 13.1. The molecule has 1 amide bonds. The number of thiophene rings is 1. The van der Waals surface area contributed by atoms with Crippen LogP contribution in [0.4, 0.5) is 9.80 Å². The van der Waals surface area contributed by atoms with Crippen molar-refractivity contribution in [2.45, 2.75) is 37.2 Å². The standard InChI is InChI=1S/C22H22BrN3O4S2/c1-22(2,3)30-21(27)25-18-13-17(23)19(31-18)15-9-11-24-20-16(15)10-12-26(20)32(28,29)14-7-5-4-6-8-14/h4-13,15-16H,1-3H3,(H,25,27). The molecule has 0 bridgehead atoms. The zero-order valence-corrected chi connectivity index (χ0v) is 20.9. The minimum absolute atomic E-state index is 0.136. The minimum atomic E-state index is -3.75. The van der Waals surface area contributed by atoms with Crippen molar-refractivity contribution in [1.29, 1.82) is 0 Å². The van der Waals surface area contributed by atoms with Gasteiger partial charge >= 0.3 is 6.09 Å². The van der Waals surface area contributed by atoms with E-state index in [0.29, 0.717) is 10.8 Å². The number of nitrogens with one attached hydrogen (secondary N) is 1. The average Bonchev–Trinajstić information content (AvgIpc) is 3.30. The molecule has 2 aromatic rings. The highest BCUT2D eigenvalue weighted by Crippen LogP contribution is 2.45. The maximum Gasteiger partial charge on any atom is 0.412 e. The van der Waals surface area contributed by atoms with Gasteiger partial charge in [0.15, 0.2) is 0 Å². The first-order chi connectivity index (χ1) is 15.1. The minimum Gasteiger partial charge on any atom is -0.444 e. The molecule has 0 aliphatic carbocycles. The lowest BCUT2D eigenvalue weighted by Crippen LogP contribution is -2.34. The van der Waals surface area contributed by atoms with E-state index in [0.717, 1.165) is 9.35 Å². The van der Waals surface area contributed by atoms with Crippen molar-refractivity contribution in [1.82, 2.24) is 4.31 Å². The van der Waals surface area contributed by atoms with Crippen LogP contribution in [0, 0.1) is 5.92 Å². The van der Waals surface area contributed by atoms with Crippen molar-refractivity contribution in [3.8, 4) is 0 Å². The summed E-state index contributed by atoms with van der Waals surface area (Å²) in [5.74, 6) is 0.0643. The first-order valence-electron chi connectivity index (χ1n) is 9.88. The third-order valence-electron chi connectivity index (χ3n) is 4.78. The van der Waals surface area contributed by atoms with E-state index >= 15 is 0 Å². The van der Waals surface area contributed by atoms with Crippen LogP contribution in [-0.4, -0.2) is 30.3 Å². The molecule has 0 saturated heterocycles. The van der Waals surface area contributed by atoms with Gasteiger partial charge in [0, 0.05) is 33.6 Å². The second-order valence-corrected chi connectivity index (χ2v) is 12.0. The molecule has 1 N–H and O–H groups in total. The fourth-order valence-corrected chi connectivity index (χ4v) is 6.80. The normalized spacial score (nSPS) is 20.1. The molecule has 2 unspecified atom stereocenters. The third kappa shape index (κ3) is 4.53. The van der Waals surface area contributed by atoms with Gasteiger partial charge in [-0.2, -0.15) is 0 Å². The SMILES string of the molecule is CC(C)(C)OC(=O)Nc1cc(Br)c(C2C=CN=C3C2C=CN3S(=O)(=O)c2ccccc2)s1. The molecule has 3 heterocycles. The number of carbonyl (C=O) groups excluding carboxylic acids is 1. The Morgan fingerprint density at radius 2 is 1.91 bits per heavy atom. The Hall–Kier alpha value is -2.43. The van der Waals surface area contributed by atoms with Crippen molar-refractivity contribution < 1.29 is 17.9 Å². The first-order valence-corrected chi connectivity index (χ1v) is 12.9. The van der Waals surface area contributed by atoms with Crippen molar-refractivity contribution >= 4 is 54.2 Å². The quantitative estimate of drug-likeness (QED) is 0.543. The number of rotatable bonds is 4. The molecule has 0 fully saturated rings. The second-order valence-electron chi connectivity index (χ2n) is 8.29. The van der Waals surface area contributed by atoms with Gasteiger partial charge < -0.3 is 4.74 Å². The van der Waals surface area contributed by atoms with E-state index in [9.17, 15) is 13.2 Å². The zero-order chi connectivity index (χ0) is 23.1. The van der Waals surface area contributed by atoms with Crippen LogP contribution in [0.15, 0.2) is 75.3 Å². The number of hydrogen-bond donors (Lipinski definition) is 1. The van der Waals surface area contributed by atoms with Gasteiger partial charge in [-0.05, 0) is 54.9 Å². The lowest BCUT2D eigenvalue weighted by molar-refractivity contribution is 0.0636. The Balaban J connectivity index is 1.57. The van der Waals surface area contributed by atoms with Crippen LogP contribution >= 0.6 is 27.3 Å². The number of carbonyl (C=O) groups is 1. The molecule has 2 aliphatic heterocycles. The average molecular weight is 536 g/mol. The van der Waals surface area contributed by atoms with Crippen molar-refractivity contribution in [2.75, 3.05) is 5.32 Å². The molecule has 10 heteroatoms. The van der Waals surface area contributed by atoms with Gasteiger partial charge in [-0.1, -0.05) is 30.4 Å². The highest BCUT2D eigenvalue weighted by molar-refractivity contribution is 9.10. The summed E-state index contributed by atoms with van der Waals surface area (Å²) in [5, 5.41) is 3.40.